The second-order valence-electron chi connectivity index (χ2n) is 5.09. The van der Waals surface area contributed by atoms with Crippen LogP contribution in [0.3, 0.4) is 0 Å². The molecule has 0 radical (unpaired) electrons. The number of carbonyl (C=O) groups is 2. The molecule has 0 spiro atoms. The van der Waals surface area contributed by atoms with Crippen molar-refractivity contribution in [2.45, 2.75) is 26.2 Å². The highest BCUT2D eigenvalue weighted by molar-refractivity contribution is 6.17. The van der Waals surface area contributed by atoms with Crippen LogP contribution in [0.4, 0.5) is 0 Å². The van der Waals surface area contributed by atoms with Crippen molar-refractivity contribution in [2.24, 2.45) is 13.0 Å². The van der Waals surface area contributed by atoms with Crippen LogP contribution in [-0.4, -0.2) is 21.3 Å². The number of aromatic nitrogens is 2. The Morgan fingerprint density at radius 1 is 1.55 bits per heavy atom. The molecule has 1 aliphatic carbocycles. The van der Waals surface area contributed by atoms with E-state index in [0.29, 0.717) is 36.1 Å². The Balaban J connectivity index is 1.94. The number of nitrogens with zero attached hydrogens (tertiary/aromatic N) is 2. The first-order valence-electron chi connectivity index (χ1n) is 6.79. The van der Waals surface area contributed by atoms with Crippen molar-refractivity contribution in [1.29, 1.82) is 0 Å². The van der Waals surface area contributed by atoms with Crippen molar-refractivity contribution in [3.8, 4) is 0 Å². The van der Waals surface area contributed by atoms with E-state index in [0.717, 1.165) is 5.69 Å². The monoisotopic (exact) mass is 272 g/mol. The third kappa shape index (κ3) is 1.90. The van der Waals surface area contributed by atoms with Crippen LogP contribution in [0.5, 0.6) is 0 Å². The molecule has 1 unspecified atom stereocenters. The predicted octanol–water partition coefficient (Wildman–Crippen LogP) is 2.20. The zero-order valence-electron chi connectivity index (χ0n) is 11.5. The van der Waals surface area contributed by atoms with Gasteiger partial charge in [0.1, 0.15) is 5.76 Å². The number of carbonyl (C=O) groups excluding carboxylic acids is 2. The summed E-state index contributed by atoms with van der Waals surface area (Å²) in [6, 6.07) is 1.65. The molecule has 0 N–H and O–H groups in total. The fourth-order valence-electron chi connectivity index (χ4n) is 2.79. The first-order valence-corrected chi connectivity index (χ1v) is 6.79. The van der Waals surface area contributed by atoms with Crippen molar-refractivity contribution in [3.05, 3.63) is 41.1 Å². The second kappa shape index (κ2) is 4.74. The Morgan fingerprint density at radius 2 is 2.35 bits per heavy atom. The molecule has 5 heteroatoms. The molecule has 0 amide bonds. The number of aryl methyl sites for hydroxylation is 3. The van der Waals surface area contributed by atoms with Crippen LogP contribution in [0.15, 0.2) is 22.9 Å². The number of fused-ring (bicyclic) bond motifs is 1. The van der Waals surface area contributed by atoms with Gasteiger partial charge in [-0.1, -0.05) is 6.92 Å². The molecule has 2 heterocycles. The van der Waals surface area contributed by atoms with E-state index in [9.17, 15) is 9.59 Å². The SMILES string of the molecule is CCc1nn(C)cc1C(=O)C1CCc2occc2C1=O. The summed E-state index contributed by atoms with van der Waals surface area (Å²) in [4.78, 5) is 25.0. The Morgan fingerprint density at radius 3 is 3.10 bits per heavy atom. The van der Waals surface area contributed by atoms with E-state index >= 15 is 0 Å². The summed E-state index contributed by atoms with van der Waals surface area (Å²) in [5.41, 5.74) is 1.88. The number of furan rings is 1. The van der Waals surface area contributed by atoms with Gasteiger partial charge in [-0.25, -0.2) is 0 Å². The van der Waals surface area contributed by atoms with Gasteiger partial charge in [-0.15, -0.1) is 0 Å². The van der Waals surface area contributed by atoms with Crippen LogP contribution in [0, 0.1) is 5.92 Å². The lowest BCUT2D eigenvalue weighted by Gasteiger charge is -2.18. The Hall–Kier alpha value is -2.17. The number of rotatable bonds is 3. The van der Waals surface area contributed by atoms with Gasteiger partial charge in [-0.2, -0.15) is 5.10 Å². The van der Waals surface area contributed by atoms with E-state index in [-0.39, 0.29) is 11.6 Å². The quantitative estimate of drug-likeness (QED) is 0.634. The summed E-state index contributed by atoms with van der Waals surface area (Å²) in [6.07, 6.45) is 5.04. The molecule has 5 nitrogen and oxygen atoms in total. The molecule has 3 rings (SSSR count). The van der Waals surface area contributed by atoms with Crippen molar-refractivity contribution < 1.29 is 14.0 Å². The highest BCUT2D eigenvalue weighted by Crippen LogP contribution is 2.29. The fourth-order valence-corrected chi connectivity index (χ4v) is 2.79. The predicted molar refractivity (Wildman–Crippen MR) is 71.8 cm³/mol. The summed E-state index contributed by atoms with van der Waals surface area (Å²) >= 11 is 0. The number of hydrogen-bond acceptors (Lipinski definition) is 4. The van der Waals surface area contributed by atoms with Crippen molar-refractivity contribution in [2.75, 3.05) is 0 Å². The molecule has 2 aromatic heterocycles. The maximum atomic E-state index is 12.6. The first-order chi connectivity index (χ1) is 9.61. The maximum absolute atomic E-state index is 12.6. The lowest BCUT2D eigenvalue weighted by atomic mass is 9.82. The lowest BCUT2D eigenvalue weighted by molar-refractivity contribution is 0.0786. The molecule has 0 aromatic carbocycles. The van der Waals surface area contributed by atoms with Gasteiger partial charge < -0.3 is 4.42 Å². The van der Waals surface area contributed by atoms with Crippen LogP contribution < -0.4 is 0 Å². The number of Topliss-reactive ketones (excluding diaryl/α,β-unsaturated/α-hetero) is 2. The normalized spacial score (nSPS) is 18.1. The van der Waals surface area contributed by atoms with E-state index in [2.05, 4.69) is 5.10 Å². The van der Waals surface area contributed by atoms with Crippen molar-refractivity contribution in [3.63, 3.8) is 0 Å². The van der Waals surface area contributed by atoms with E-state index in [1.807, 2.05) is 6.92 Å². The lowest BCUT2D eigenvalue weighted by Crippen LogP contribution is -2.29. The Bertz CT molecular complexity index is 681. The third-order valence-electron chi connectivity index (χ3n) is 3.81. The average Bonchev–Trinajstić information content (AvgIpc) is 3.04. The van der Waals surface area contributed by atoms with Gasteiger partial charge in [0.2, 0.25) is 0 Å². The van der Waals surface area contributed by atoms with E-state index in [1.54, 1.807) is 24.0 Å². The summed E-state index contributed by atoms with van der Waals surface area (Å²) in [7, 11) is 1.78. The molecule has 20 heavy (non-hydrogen) atoms. The van der Waals surface area contributed by atoms with Gasteiger partial charge in [-0.05, 0) is 18.9 Å². The van der Waals surface area contributed by atoms with Gasteiger partial charge in [0, 0.05) is 19.7 Å². The molecule has 2 aromatic rings. The molecular formula is C15H16N2O3. The van der Waals surface area contributed by atoms with Crippen molar-refractivity contribution in [1.82, 2.24) is 9.78 Å². The van der Waals surface area contributed by atoms with Gasteiger partial charge in [0.15, 0.2) is 11.6 Å². The summed E-state index contributed by atoms with van der Waals surface area (Å²) < 4.78 is 6.89. The minimum absolute atomic E-state index is 0.119. The molecule has 0 saturated heterocycles. The molecule has 0 saturated carbocycles. The van der Waals surface area contributed by atoms with Crippen LogP contribution >= 0.6 is 0 Å². The molecule has 1 atom stereocenters. The first kappa shape index (κ1) is 12.8. The van der Waals surface area contributed by atoms with Crippen LogP contribution in [0.2, 0.25) is 0 Å². The maximum Gasteiger partial charge on any atom is 0.177 e. The largest absolute Gasteiger partial charge is 0.469 e. The van der Waals surface area contributed by atoms with Gasteiger partial charge in [0.05, 0.1) is 29.0 Å². The Kier molecular flexibility index (Phi) is 3.04. The molecule has 0 aliphatic heterocycles. The zero-order chi connectivity index (χ0) is 14.3. The zero-order valence-corrected chi connectivity index (χ0v) is 11.5. The van der Waals surface area contributed by atoms with Crippen LogP contribution in [-0.2, 0) is 19.9 Å². The number of ketones is 2. The van der Waals surface area contributed by atoms with Crippen molar-refractivity contribution >= 4 is 11.6 Å². The standard InChI is InChI=1S/C15H16N2O3/c1-3-12-11(8-17(2)16-12)15(19)10-4-5-13-9(14(10)18)6-7-20-13/h6-8,10H,3-5H2,1-2H3. The fraction of sp³-hybridized carbons (Fsp3) is 0.400. The smallest absolute Gasteiger partial charge is 0.177 e. The second-order valence-corrected chi connectivity index (χ2v) is 5.09. The highest BCUT2D eigenvalue weighted by atomic mass is 16.3. The number of hydrogen-bond donors (Lipinski definition) is 0. The van der Waals surface area contributed by atoms with Crippen LogP contribution in [0.1, 0.15) is 45.5 Å². The third-order valence-corrected chi connectivity index (χ3v) is 3.81. The van der Waals surface area contributed by atoms with Crippen LogP contribution in [0.25, 0.3) is 0 Å². The molecule has 1 aliphatic rings. The Labute approximate surface area is 116 Å². The average molecular weight is 272 g/mol. The van der Waals surface area contributed by atoms with Gasteiger partial charge in [0.25, 0.3) is 0 Å². The highest BCUT2D eigenvalue weighted by Gasteiger charge is 2.36. The van der Waals surface area contributed by atoms with Gasteiger partial charge >= 0.3 is 0 Å². The minimum atomic E-state index is -0.602. The van der Waals surface area contributed by atoms with E-state index < -0.39 is 5.92 Å². The topological polar surface area (TPSA) is 65.1 Å². The summed E-state index contributed by atoms with van der Waals surface area (Å²) in [5, 5.41) is 4.27. The summed E-state index contributed by atoms with van der Waals surface area (Å²) in [6.45, 7) is 1.95. The molecular weight excluding hydrogens is 256 g/mol. The van der Waals surface area contributed by atoms with E-state index in [1.165, 1.54) is 6.26 Å². The minimum Gasteiger partial charge on any atom is -0.469 e. The summed E-state index contributed by atoms with van der Waals surface area (Å²) in [5.74, 6) is -0.154. The molecule has 0 bridgehead atoms. The molecule has 104 valence electrons. The van der Waals surface area contributed by atoms with Gasteiger partial charge in [-0.3, -0.25) is 14.3 Å². The van der Waals surface area contributed by atoms with E-state index in [4.69, 9.17) is 4.42 Å². The molecule has 0 fully saturated rings.